The lowest BCUT2D eigenvalue weighted by atomic mass is 10.1. The van der Waals surface area contributed by atoms with Crippen molar-refractivity contribution in [3.8, 4) is 5.75 Å². The molecule has 0 radical (unpaired) electrons. The van der Waals surface area contributed by atoms with Gasteiger partial charge in [0.2, 0.25) is 0 Å². The summed E-state index contributed by atoms with van der Waals surface area (Å²) < 4.78 is 10.4. The maximum Gasteiger partial charge on any atom is 0.342 e. The monoisotopic (exact) mass is 299 g/mol. The molecule has 0 fully saturated rings. The highest BCUT2D eigenvalue weighted by molar-refractivity contribution is 5.92. The highest BCUT2D eigenvalue weighted by atomic mass is 16.6. The summed E-state index contributed by atoms with van der Waals surface area (Å²) in [6, 6.07) is 3.38. The number of aliphatic hydroxyl groups excluding tert-OH is 1. The number of hydrogen-bond donors (Lipinski definition) is 2. The Hall–Kier alpha value is -2.19. The zero-order valence-electron chi connectivity index (χ0n) is 11.7. The SMILES string of the molecule is CC(C)OCC(O)COc1ccc([N+](=O)[O-])c(C(=O)O)c1. The van der Waals surface area contributed by atoms with Gasteiger partial charge in [0.05, 0.1) is 17.6 Å². The lowest BCUT2D eigenvalue weighted by Crippen LogP contribution is -2.25. The fraction of sp³-hybridized carbons (Fsp3) is 0.462. The molecule has 1 aromatic rings. The number of hydrogen-bond acceptors (Lipinski definition) is 6. The molecule has 0 aliphatic rings. The van der Waals surface area contributed by atoms with Crippen LogP contribution in [0.4, 0.5) is 5.69 Å². The van der Waals surface area contributed by atoms with Crippen molar-refractivity contribution in [2.45, 2.75) is 26.1 Å². The summed E-state index contributed by atoms with van der Waals surface area (Å²) in [5.41, 5.74) is -0.982. The third-order valence-corrected chi connectivity index (χ3v) is 2.46. The molecule has 0 bridgehead atoms. The number of nitro benzene ring substituents is 1. The van der Waals surface area contributed by atoms with Gasteiger partial charge in [-0.05, 0) is 19.9 Å². The van der Waals surface area contributed by atoms with Crippen molar-refractivity contribution >= 4 is 11.7 Å². The van der Waals surface area contributed by atoms with E-state index in [2.05, 4.69) is 0 Å². The van der Waals surface area contributed by atoms with E-state index in [1.54, 1.807) is 0 Å². The normalized spacial score (nSPS) is 12.2. The van der Waals surface area contributed by atoms with E-state index in [0.717, 1.165) is 12.1 Å². The Labute approximate surface area is 121 Å². The van der Waals surface area contributed by atoms with E-state index in [-0.39, 0.29) is 25.1 Å². The number of aromatic carboxylic acids is 1. The van der Waals surface area contributed by atoms with Gasteiger partial charge in [-0.1, -0.05) is 0 Å². The van der Waals surface area contributed by atoms with Crippen LogP contribution in [0, 0.1) is 10.1 Å². The number of rotatable bonds is 8. The molecule has 116 valence electrons. The van der Waals surface area contributed by atoms with E-state index in [1.165, 1.54) is 6.07 Å². The summed E-state index contributed by atoms with van der Waals surface area (Å²) in [6.45, 7) is 3.62. The molecule has 0 aromatic heterocycles. The quantitative estimate of drug-likeness (QED) is 0.550. The van der Waals surface area contributed by atoms with Crippen molar-refractivity contribution in [1.29, 1.82) is 0 Å². The van der Waals surface area contributed by atoms with Crippen molar-refractivity contribution in [3.05, 3.63) is 33.9 Å². The predicted molar refractivity (Wildman–Crippen MR) is 72.6 cm³/mol. The second-order valence-corrected chi connectivity index (χ2v) is 4.59. The molecule has 8 nitrogen and oxygen atoms in total. The first-order chi connectivity index (χ1) is 9.81. The van der Waals surface area contributed by atoms with E-state index in [9.17, 15) is 20.0 Å². The van der Waals surface area contributed by atoms with Crippen LogP contribution in [0.1, 0.15) is 24.2 Å². The third-order valence-electron chi connectivity index (χ3n) is 2.46. The van der Waals surface area contributed by atoms with Gasteiger partial charge in [0.1, 0.15) is 24.0 Å². The summed E-state index contributed by atoms with van der Waals surface area (Å²) in [7, 11) is 0. The number of nitrogens with zero attached hydrogens (tertiary/aromatic N) is 1. The summed E-state index contributed by atoms with van der Waals surface area (Å²) in [5.74, 6) is -1.29. The molecule has 1 rings (SSSR count). The van der Waals surface area contributed by atoms with Crippen molar-refractivity contribution < 1.29 is 29.4 Å². The minimum absolute atomic E-state index is 0.0300. The molecule has 1 unspecified atom stereocenters. The second kappa shape index (κ2) is 7.55. The largest absolute Gasteiger partial charge is 0.491 e. The van der Waals surface area contributed by atoms with Gasteiger partial charge in [0.25, 0.3) is 5.69 Å². The van der Waals surface area contributed by atoms with Crippen molar-refractivity contribution in [1.82, 2.24) is 0 Å². The number of benzene rings is 1. The zero-order valence-corrected chi connectivity index (χ0v) is 11.7. The Morgan fingerprint density at radius 2 is 2.05 bits per heavy atom. The molecule has 0 saturated heterocycles. The Morgan fingerprint density at radius 1 is 1.38 bits per heavy atom. The molecular formula is C13H17NO7. The van der Waals surface area contributed by atoms with Gasteiger partial charge in [-0.25, -0.2) is 4.79 Å². The van der Waals surface area contributed by atoms with Crippen molar-refractivity contribution in [2.75, 3.05) is 13.2 Å². The average molecular weight is 299 g/mol. The number of carboxylic acid groups (broad SMARTS) is 1. The number of ether oxygens (including phenoxy) is 2. The minimum Gasteiger partial charge on any atom is -0.491 e. The van der Waals surface area contributed by atoms with Crippen LogP contribution in [0.5, 0.6) is 5.75 Å². The Morgan fingerprint density at radius 3 is 2.57 bits per heavy atom. The van der Waals surface area contributed by atoms with Crippen LogP contribution in [-0.2, 0) is 4.74 Å². The molecular weight excluding hydrogens is 282 g/mol. The number of nitro groups is 1. The van der Waals surface area contributed by atoms with E-state index < -0.39 is 28.2 Å². The molecule has 2 N–H and O–H groups in total. The molecule has 0 spiro atoms. The van der Waals surface area contributed by atoms with Crippen LogP contribution in [0.15, 0.2) is 18.2 Å². The van der Waals surface area contributed by atoms with Gasteiger partial charge < -0.3 is 19.7 Å². The minimum atomic E-state index is -1.42. The van der Waals surface area contributed by atoms with Crippen LogP contribution < -0.4 is 4.74 Å². The summed E-state index contributed by atoms with van der Waals surface area (Å²) >= 11 is 0. The van der Waals surface area contributed by atoms with Crippen LogP contribution in [0.3, 0.4) is 0 Å². The van der Waals surface area contributed by atoms with Crippen molar-refractivity contribution in [3.63, 3.8) is 0 Å². The molecule has 1 aromatic carbocycles. The fourth-order valence-electron chi connectivity index (χ4n) is 1.48. The average Bonchev–Trinajstić information content (AvgIpc) is 2.42. The van der Waals surface area contributed by atoms with E-state index >= 15 is 0 Å². The van der Waals surface area contributed by atoms with E-state index in [0.29, 0.717) is 0 Å². The maximum absolute atomic E-state index is 11.0. The Bertz CT molecular complexity index is 515. The first-order valence-electron chi connectivity index (χ1n) is 6.25. The smallest absolute Gasteiger partial charge is 0.342 e. The van der Waals surface area contributed by atoms with Gasteiger partial charge in [0, 0.05) is 12.1 Å². The van der Waals surface area contributed by atoms with Crippen LogP contribution in [0.2, 0.25) is 0 Å². The molecule has 0 aliphatic carbocycles. The van der Waals surface area contributed by atoms with Gasteiger partial charge in [0.15, 0.2) is 0 Å². The number of carbonyl (C=O) groups is 1. The topological polar surface area (TPSA) is 119 Å². The van der Waals surface area contributed by atoms with Gasteiger partial charge in [-0.3, -0.25) is 10.1 Å². The number of carboxylic acids is 1. The van der Waals surface area contributed by atoms with E-state index in [4.69, 9.17) is 14.6 Å². The summed E-state index contributed by atoms with van der Waals surface area (Å²) in [5, 5.41) is 29.2. The Balaban J connectivity index is 2.70. The Kier molecular flexibility index (Phi) is 6.07. The first-order valence-corrected chi connectivity index (χ1v) is 6.25. The highest BCUT2D eigenvalue weighted by Crippen LogP contribution is 2.24. The summed E-state index contributed by atoms with van der Waals surface area (Å²) in [4.78, 5) is 20.9. The third kappa shape index (κ3) is 5.36. The fourth-order valence-corrected chi connectivity index (χ4v) is 1.48. The highest BCUT2D eigenvalue weighted by Gasteiger charge is 2.20. The maximum atomic E-state index is 11.0. The van der Waals surface area contributed by atoms with Crippen molar-refractivity contribution in [2.24, 2.45) is 0 Å². The lowest BCUT2D eigenvalue weighted by Gasteiger charge is -2.14. The molecule has 8 heteroatoms. The molecule has 21 heavy (non-hydrogen) atoms. The molecule has 0 saturated carbocycles. The van der Waals surface area contributed by atoms with Crippen LogP contribution >= 0.6 is 0 Å². The standard InChI is InChI=1S/C13H17NO7/c1-8(2)20-6-9(15)7-21-10-3-4-12(14(18)19)11(5-10)13(16)17/h3-5,8-9,15H,6-7H2,1-2H3,(H,16,17). The van der Waals surface area contributed by atoms with E-state index in [1.807, 2.05) is 13.8 Å². The van der Waals surface area contributed by atoms with Gasteiger partial charge in [-0.2, -0.15) is 0 Å². The molecule has 0 aliphatic heterocycles. The predicted octanol–water partition coefficient (Wildman–Crippen LogP) is 1.46. The van der Waals surface area contributed by atoms with Crippen LogP contribution in [0.25, 0.3) is 0 Å². The molecule has 0 heterocycles. The summed E-state index contributed by atoms with van der Waals surface area (Å²) in [6.07, 6.45) is -0.909. The molecule has 0 amide bonds. The lowest BCUT2D eigenvalue weighted by molar-refractivity contribution is -0.385. The van der Waals surface area contributed by atoms with Gasteiger partial charge >= 0.3 is 5.97 Å². The first kappa shape index (κ1) is 16.9. The van der Waals surface area contributed by atoms with Gasteiger partial charge in [-0.15, -0.1) is 0 Å². The second-order valence-electron chi connectivity index (χ2n) is 4.59. The van der Waals surface area contributed by atoms with Crippen LogP contribution in [-0.4, -0.2) is 46.5 Å². The number of aliphatic hydroxyl groups is 1. The molecule has 1 atom stereocenters. The zero-order chi connectivity index (χ0) is 16.0.